The first-order chi connectivity index (χ1) is 14.2. The summed E-state index contributed by atoms with van der Waals surface area (Å²) < 4.78 is 0. The number of oxime groups is 1. The number of rotatable bonds is 8. The van der Waals surface area contributed by atoms with Crippen LogP contribution < -0.4 is 11.1 Å². The van der Waals surface area contributed by atoms with E-state index < -0.39 is 23.2 Å². The van der Waals surface area contributed by atoms with E-state index in [0.29, 0.717) is 17.0 Å². The molecule has 2 unspecified atom stereocenters. The Balaban J connectivity index is 1.79. The maximum atomic E-state index is 12.8. The molecule has 0 aliphatic carbocycles. The van der Waals surface area contributed by atoms with Crippen LogP contribution in [-0.4, -0.2) is 62.8 Å². The molecule has 30 heavy (non-hydrogen) atoms. The molecule has 1 saturated heterocycles. The lowest BCUT2D eigenvalue weighted by atomic mass is 10.0. The van der Waals surface area contributed by atoms with Crippen molar-refractivity contribution in [2.24, 2.45) is 5.16 Å². The Bertz CT molecular complexity index is 999. The molecule has 1 aromatic rings. The van der Waals surface area contributed by atoms with Gasteiger partial charge in [0.25, 0.3) is 11.8 Å². The highest BCUT2D eigenvalue weighted by atomic mass is 32.2. The number of fused-ring (bicyclic) bond motifs is 1. The number of nitrogen functional groups attached to an aromatic ring is 1. The van der Waals surface area contributed by atoms with E-state index in [-0.39, 0.29) is 34.7 Å². The number of ketones is 2. The van der Waals surface area contributed by atoms with Crippen LogP contribution in [-0.2, 0) is 24.0 Å². The number of anilines is 1. The number of β-lactam (4-membered cyclic amide) rings is 1. The Labute approximate surface area is 180 Å². The van der Waals surface area contributed by atoms with E-state index in [1.54, 1.807) is 6.08 Å². The Morgan fingerprint density at radius 3 is 2.77 bits per heavy atom. The van der Waals surface area contributed by atoms with Crippen LogP contribution in [0.4, 0.5) is 5.13 Å². The zero-order chi connectivity index (χ0) is 22.0. The number of aromatic nitrogens is 1. The molecule has 2 atom stereocenters. The summed E-state index contributed by atoms with van der Waals surface area (Å²) in [5, 5.41) is 7.65. The summed E-state index contributed by atoms with van der Waals surface area (Å²) in [5.41, 5.74) is 6.57. The van der Waals surface area contributed by atoms with E-state index in [1.165, 1.54) is 35.9 Å². The van der Waals surface area contributed by atoms with Crippen LogP contribution >= 0.6 is 23.1 Å². The third-order valence-electron chi connectivity index (χ3n) is 4.27. The molecule has 1 aromatic heterocycles. The van der Waals surface area contributed by atoms with Gasteiger partial charge in [-0.2, -0.15) is 0 Å². The number of hydrogen-bond donors (Lipinski definition) is 2. The predicted octanol–water partition coefficient (Wildman–Crippen LogP) is 0.464. The highest BCUT2D eigenvalue weighted by Gasteiger charge is 2.53. The highest BCUT2D eigenvalue weighted by molar-refractivity contribution is 8.00. The van der Waals surface area contributed by atoms with Gasteiger partial charge in [0, 0.05) is 18.1 Å². The predicted molar refractivity (Wildman–Crippen MR) is 113 cm³/mol. The fourth-order valence-corrected chi connectivity index (χ4v) is 4.84. The summed E-state index contributed by atoms with van der Waals surface area (Å²) >= 11 is 2.52. The van der Waals surface area contributed by atoms with Gasteiger partial charge in [0.1, 0.15) is 17.1 Å². The Morgan fingerprint density at radius 2 is 2.20 bits per heavy atom. The standard InChI is InChI=1S/C18H19N5O5S2/c1-4-10-6-29-17-13(16(27)23(17)14(10)9(3)25)21-15(26)12(22-28-5-8(2)24)11-7-30-18(19)20-11/h4,7,13,17H,1,5-6H2,2-3H3,(H2,19,20)(H,21,26). The second-order valence-corrected chi connectivity index (χ2v) is 8.48. The summed E-state index contributed by atoms with van der Waals surface area (Å²) in [6.45, 7) is 6.07. The van der Waals surface area contributed by atoms with Gasteiger partial charge in [-0.05, 0) is 12.5 Å². The van der Waals surface area contributed by atoms with Crippen molar-refractivity contribution in [2.75, 3.05) is 18.1 Å². The molecule has 10 nitrogen and oxygen atoms in total. The SMILES string of the molecule is C=CC1=C(C(C)=O)N2C(=O)C(NC(=O)C(=NOCC(C)=O)c3csc(N)n3)C2SC1. The fraction of sp³-hybridized carbons (Fsp3) is 0.333. The number of allylic oxidation sites excluding steroid dienone is 2. The van der Waals surface area contributed by atoms with Gasteiger partial charge in [-0.25, -0.2) is 4.98 Å². The number of thioether (sulfide) groups is 1. The largest absolute Gasteiger partial charge is 0.387 e. The smallest absolute Gasteiger partial charge is 0.276 e. The molecule has 0 saturated carbocycles. The number of amides is 2. The average molecular weight is 450 g/mol. The van der Waals surface area contributed by atoms with E-state index >= 15 is 0 Å². The molecule has 3 heterocycles. The monoisotopic (exact) mass is 449 g/mol. The van der Waals surface area contributed by atoms with Crippen molar-refractivity contribution in [3.8, 4) is 0 Å². The van der Waals surface area contributed by atoms with E-state index in [2.05, 4.69) is 22.0 Å². The lowest BCUT2D eigenvalue weighted by Crippen LogP contribution is -2.70. The molecule has 0 bridgehead atoms. The minimum atomic E-state index is -0.850. The number of carbonyl (C=O) groups is 4. The van der Waals surface area contributed by atoms with E-state index in [1.807, 2.05) is 0 Å². The first-order valence-corrected chi connectivity index (χ1v) is 10.7. The average Bonchev–Trinajstić information content (AvgIpc) is 3.13. The summed E-state index contributed by atoms with van der Waals surface area (Å²) in [4.78, 5) is 59.0. The van der Waals surface area contributed by atoms with Crippen LogP contribution in [0, 0.1) is 0 Å². The topological polar surface area (TPSA) is 144 Å². The molecular weight excluding hydrogens is 430 g/mol. The van der Waals surface area contributed by atoms with Gasteiger partial charge in [-0.3, -0.25) is 24.1 Å². The van der Waals surface area contributed by atoms with Crippen molar-refractivity contribution in [1.29, 1.82) is 0 Å². The number of carbonyl (C=O) groups excluding carboxylic acids is 4. The van der Waals surface area contributed by atoms with Gasteiger partial charge in [0.05, 0.1) is 5.70 Å². The van der Waals surface area contributed by atoms with Gasteiger partial charge in [-0.1, -0.05) is 17.8 Å². The molecule has 0 aromatic carbocycles. The lowest BCUT2D eigenvalue weighted by molar-refractivity contribution is -0.146. The van der Waals surface area contributed by atoms with Gasteiger partial charge in [0.15, 0.2) is 29.0 Å². The molecule has 158 valence electrons. The van der Waals surface area contributed by atoms with Crippen LogP contribution in [0.15, 0.2) is 34.5 Å². The van der Waals surface area contributed by atoms with E-state index in [4.69, 9.17) is 10.6 Å². The van der Waals surface area contributed by atoms with Crippen molar-refractivity contribution in [3.05, 3.63) is 35.0 Å². The number of nitrogens with one attached hydrogen (secondary N) is 1. The Morgan fingerprint density at radius 1 is 1.47 bits per heavy atom. The molecule has 0 spiro atoms. The van der Waals surface area contributed by atoms with Crippen LogP contribution in [0.3, 0.4) is 0 Å². The summed E-state index contributed by atoms with van der Waals surface area (Å²) in [7, 11) is 0. The zero-order valence-corrected chi connectivity index (χ0v) is 17.8. The highest BCUT2D eigenvalue weighted by Crippen LogP contribution is 2.40. The zero-order valence-electron chi connectivity index (χ0n) is 16.2. The third-order valence-corrected chi connectivity index (χ3v) is 6.24. The van der Waals surface area contributed by atoms with Crippen LogP contribution in [0.2, 0.25) is 0 Å². The molecule has 2 aliphatic heterocycles. The summed E-state index contributed by atoms with van der Waals surface area (Å²) in [5.74, 6) is -1.14. The first-order valence-electron chi connectivity index (χ1n) is 8.77. The number of thiazole rings is 1. The van der Waals surface area contributed by atoms with Crippen LogP contribution in [0.25, 0.3) is 0 Å². The van der Waals surface area contributed by atoms with E-state index in [9.17, 15) is 19.2 Å². The lowest BCUT2D eigenvalue weighted by Gasteiger charge is -2.49. The van der Waals surface area contributed by atoms with Crippen molar-refractivity contribution in [2.45, 2.75) is 25.3 Å². The second-order valence-electron chi connectivity index (χ2n) is 6.48. The molecule has 3 N–H and O–H groups in total. The normalized spacial score (nSPS) is 20.9. The third kappa shape index (κ3) is 4.14. The maximum Gasteiger partial charge on any atom is 0.276 e. The molecule has 0 radical (unpaired) electrons. The van der Waals surface area contributed by atoms with Crippen molar-refractivity contribution < 1.29 is 24.0 Å². The van der Waals surface area contributed by atoms with Gasteiger partial charge < -0.3 is 15.9 Å². The van der Waals surface area contributed by atoms with Crippen molar-refractivity contribution in [1.82, 2.24) is 15.2 Å². The molecular formula is C18H19N5O5S2. The first kappa shape index (κ1) is 21.7. The molecule has 1 fully saturated rings. The van der Waals surface area contributed by atoms with E-state index in [0.717, 1.165) is 11.3 Å². The molecule has 12 heteroatoms. The number of Topliss-reactive ketones (excluding diaryl/α,β-unsaturated/α-hetero) is 2. The van der Waals surface area contributed by atoms with Crippen LogP contribution in [0.5, 0.6) is 0 Å². The van der Waals surface area contributed by atoms with Gasteiger partial charge in [0.2, 0.25) is 0 Å². The Hall–Kier alpha value is -2.99. The van der Waals surface area contributed by atoms with Crippen LogP contribution in [0.1, 0.15) is 19.5 Å². The second kappa shape index (κ2) is 8.79. The minimum absolute atomic E-state index is 0.164. The van der Waals surface area contributed by atoms with Crippen molar-refractivity contribution >= 4 is 57.3 Å². The number of nitrogens with two attached hydrogens (primary N) is 1. The summed E-state index contributed by atoms with van der Waals surface area (Å²) in [6.07, 6.45) is 1.56. The Kier molecular flexibility index (Phi) is 6.37. The summed E-state index contributed by atoms with van der Waals surface area (Å²) in [6, 6.07) is -0.850. The molecule has 2 aliphatic rings. The maximum absolute atomic E-state index is 12.8. The number of nitrogens with zero attached hydrogens (tertiary/aromatic N) is 3. The van der Waals surface area contributed by atoms with Crippen molar-refractivity contribution in [3.63, 3.8) is 0 Å². The quantitative estimate of drug-likeness (QED) is 0.331. The van der Waals surface area contributed by atoms with Gasteiger partial charge >= 0.3 is 0 Å². The molecule has 2 amide bonds. The minimum Gasteiger partial charge on any atom is -0.387 e. The number of hydrogen-bond acceptors (Lipinski definition) is 10. The fourth-order valence-electron chi connectivity index (χ4n) is 2.95. The molecule has 3 rings (SSSR count). The van der Waals surface area contributed by atoms with Gasteiger partial charge in [-0.15, -0.1) is 23.1 Å².